The predicted octanol–water partition coefficient (Wildman–Crippen LogP) is 2.10. The van der Waals surface area contributed by atoms with Crippen molar-refractivity contribution in [3.8, 4) is 0 Å². The standard InChI is InChI=1S/C13H15NO2/c15-12-7-4-8-13-14(12)11(9-16-13)10-5-2-1-3-6-10/h1-3,5-6,11,13H,4,7-9H2. The molecule has 0 spiro atoms. The van der Waals surface area contributed by atoms with Crippen LogP contribution in [0.3, 0.4) is 0 Å². The van der Waals surface area contributed by atoms with Gasteiger partial charge < -0.3 is 9.64 Å². The summed E-state index contributed by atoms with van der Waals surface area (Å²) < 4.78 is 5.70. The minimum Gasteiger partial charge on any atom is -0.356 e. The van der Waals surface area contributed by atoms with Crippen LogP contribution in [0.25, 0.3) is 0 Å². The van der Waals surface area contributed by atoms with E-state index >= 15 is 0 Å². The quantitative estimate of drug-likeness (QED) is 0.721. The lowest BCUT2D eigenvalue weighted by Crippen LogP contribution is -2.41. The Bertz CT molecular complexity index is 390. The minimum absolute atomic E-state index is 0.0199. The fourth-order valence-corrected chi connectivity index (χ4v) is 2.61. The molecule has 3 nitrogen and oxygen atoms in total. The number of amides is 1. The summed E-state index contributed by atoms with van der Waals surface area (Å²) >= 11 is 0. The average Bonchev–Trinajstić information content (AvgIpc) is 2.75. The fourth-order valence-electron chi connectivity index (χ4n) is 2.61. The number of rotatable bonds is 1. The maximum absolute atomic E-state index is 11.9. The SMILES string of the molecule is O=C1CCCC2OCC(c3ccccc3)N12. The molecule has 2 unspecified atom stereocenters. The lowest BCUT2D eigenvalue weighted by molar-refractivity contribution is -0.142. The summed E-state index contributed by atoms with van der Waals surface area (Å²) in [7, 11) is 0. The second-order valence-corrected chi connectivity index (χ2v) is 4.41. The Morgan fingerprint density at radius 3 is 2.88 bits per heavy atom. The summed E-state index contributed by atoms with van der Waals surface area (Å²) in [4.78, 5) is 13.8. The van der Waals surface area contributed by atoms with Gasteiger partial charge in [0.15, 0.2) is 0 Å². The first-order valence-electron chi connectivity index (χ1n) is 5.84. The molecule has 3 heteroatoms. The first kappa shape index (κ1) is 9.85. The highest BCUT2D eigenvalue weighted by Crippen LogP contribution is 2.35. The van der Waals surface area contributed by atoms with Gasteiger partial charge in [0.1, 0.15) is 6.23 Å². The van der Waals surface area contributed by atoms with E-state index in [9.17, 15) is 4.79 Å². The van der Waals surface area contributed by atoms with Gasteiger partial charge >= 0.3 is 0 Å². The van der Waals surface area contributed by atoms with Crippen LogP contribution in [-0.2, 0) is 9.53 Å². The second kappa shape index (κ2) is 3.91. The Kier molecular flexibility index (Phi) is 2.40. The minimum atomic E-state index is 0.0199. The summed E-state index contributed by atoms with van der Waals surface area (Å²) in [5, 5.41) is 0. The van der Waals surface area contributed by atoms with Crippen LogP contribution in [0.15, 0.2) is 30.3 Å². The van der Waals surface area contributed by atoms with Crippen LogP contribution in [0.2, 0.25) is 0 Å². The van der Waals surface area contributed by atoms with Crippen LogP contribution in [0, 0.1) is 0 Å². The van der Waals surface area contributed by atoms with Crippen molar-refractivity contribution in [1.82, 2.24) is 4.90 Å². The van der Waals surface area contributed by atoms with Gasteiger partial charge in [-0.15, -0.1) is 0 Å². The summed E-state index contributed by atoms with van der Waals surface area (Å²) in [6, 6.07) is 10.3. The Morgan fingerprint density at radius 2 is 2.06 bits per heavy atom. The van der Waals surface area contributed by atoms with E-state index in [4.69, 9.17) is 4.74 Å². The van der Waals surface area contributed by atoms with Crippen LogP contribution < -0.4 is 0 Å². The van der Waals surface area contributed by atoms with Crippen LogP contribution >= 0.6 is 0 Å². The largest absolute Gasteiger partial charge is 0.356 e. The van der Waals surface area contributed by atoms with Crippen LogP contribution in [0.4, 0.5) is 0 Å². The number of carbonyl (C=O) groups excluding carboxylic acids is 1. The van der Waals surface area contributed by atoms with E-state index in [1.165, 1.54) is 5.56 Å². The molecule has 0 saturated carbocycles. The molecule has 1 aromatic rings. The van der Waals surface area contributed by atoms with Crippen LogP contribution in [0.1, 0.15) is 30.9 Å². The fraction of sp³-hybridized carbons (Fsp3) is 0.462. The van der Waals surface area contributed by atoms with E-state index < -0.39 is 0 Å². The van der Waals surface area contributed by atoms with Gasteiger partial charge in [0, 0.05) is 6.42 Å². The molecule has 2 atom stereocenters. The Morgan fingerprint density at radius 1 is 1.25 bits per heavy atom. The van der Waals surface area contributed by atoms with Gasteiger partial charge in [0.05, 0.1) is 12.6 Å². The third kappa shape index (κ3) is 1.52. The van der Waals surface area contributed by atoms with Crippen molar-refractivity contribution in [1.29, 1.82) is 0 Å². The second-order valence-electron chi connectivity index (χ2n) is 4.41. The monoisotopic (exact) mass is 217 g/mol. The summed E-state index contributed by atoms with van der Waals surface area (Å²) in [6.45, 7) is 0.639. The number of nitrogens with zero attached hydrogens (tertiary/aromatic N) is 1. The molecule has 2 saturated heterocycles. The van der Waals surface area contributed by atoms with E-state index in [1.807, 2.05) is 23.1 Å². The van der Waals surface area contributed by atoms with E-state index in [2.05, 4.69) is 12.1 Å². The molecule has 0 aliphatic carbocycles. The lowest BCUT2D eigenvalue weighted by Gasteiger charge is -2.32. The average molecular weight is 217 g/mol. The number of hydrogen-bond acceptors (Lipinski definition) is 2. The highest BCUT2D eigenvalue weighted by Gasteiger charge is 2.40. The van der Waals surface area contributed by atoms with Crippen molar-refractivity contribution in [2.75, 3.05) is 6.61 Å². The highest BCUT2D eigenvalue weighted by atomic mass is 16.5. The maximum atomic E-state index is 11.9. The molecule has 2 aliphatic rings. The van der Waals surface area contributed by atoms with Gasteiger partial charge in [0.25, 0.3) is 0 Å². The van der Waals surface area contributed by atoms with E-state index in [0.29, 0.717) is 13.0 Å². The van der Waals surface area contributed by atoms with Crippen molar-refractivity contribution in [2.24, 2.45) is 0 Å². The summed E-state index contributed by atoms with van der Waals surface area (Å²) in [5.74, 6) is 0.239. The zero-order chi connectivity index (χ0) is 11.0. The van der Waals surface area contributed by atoms with Gasteiger partial charge in [-0.3, -0.25) is 4.79 Å². The molecule has 3 rings (SSSR count). The van der Waals surface area contributed by atoms with Gasteiger partial charge in [-0.2, -0.15) is 0 Å². The smallest absolute Gasteiger partial charge is 0.225 e. The number of hydrogen-bond donors (Lipinski definition) is 0. The highest BCUT2D eigenvalue weighted by molar-refractivity contribution is 5.78. The molecule has 1 aromatic carbocycles. The van der Waals surface area contributed by atoms with Crippen LogP contribution in [-0.4, -0.2) is 23.6 Å². The molecule has 2 fully saturated rings. The van der Waals surface area contributed by atoms with Crippen molar-refractivity contribution in [2.45, 2.75) is 31.5 Å². The molecule has 2 heterocycles. The number of fused-ring (bicyclic) bond motifs is 1. The molecule has 0 N–H and O–H groups in total. The number of ether oxygens (including phenoxy) is 1. The topological polar surface area (TPSA) is 29.5 Å². The molecule has 0 bridgehead atoms. The van der Waals surface area contributed by atoms with Crippen molar-refractivity contribution >= 4 is 5.91 Å². The number of carbonyl (C=O) groups is 1. The molecule has 84 valence electrons. The third-order valence-electron chi connectivity index (χ3n) is 3.41. The first-order valence-corrected chi connectivity index (χ1v) is 5.84. The van der Waals surface area contributed by atoms with Crippen molar-refractivity contribution in [3.05, 3.63) is 35.9 Å². The van der Waals surface area contributed by atoms with Gasteiger partial charge in [0.2, 0.25) is 5.91 Å². The molecule has 1 amide bonds. The Hall–Kier alpha value is -1.35. The normalized spacial score (nSPS) is 29.2. The van der Waals surface area contributed by atoms with Gasteiger partial charge in [-0.05, 0) is 18.4 Å². The molecule has 0 radical (unpaired) electrons. The molecule has 2 aliphatic heterocycles. The first-order chi connectivity index (χ1) is 7.86. The molecule has 0 aromatic heterocycles. The molecular weight excluding hydrogens is 202 g/mol. The van der Waals surface area contributed by atoms with E-state index in [1.54, 1.807) is 0 Å². The zero-order valence-corrected chi connectivity index (χ0v) is 9.13. The van der Waals surface area contributed by atoms with E-state index in [0.717, 1.165) is 12.8 Å². The summed E-state index contributed by atoms with van der Waals surface area (Å²) in [6.07, 6.45) is 2.63. The van der Waals surface area contributed by atoms with Crippen LogP contribution in [0.5, 0.6) is 0 Å². The van der Waals surface area contributed by atoms with E-state index in [-0.39, 0.29) is 18.2 Å². The van der Waals surface area contributed by atoms with Crippen molar-refractivity contribution < 1.29 is 9.53 Å². The van der Waals surface area contributed by atoms with Crippen molar-refractivity contribution in [3.63, 3.8) is 0 Å². The zero-order valence-electron chi connectivity index (χ0n) is 9.13. The number of benzene rings is 1. The molecular formula is C13H15NO2. The predicted molar refractivity (Wildman–Crippen MR) is 59.6 cm³/mol. The van der Waals surface area contributed by atoms with Gasteiger partial charge in [-0.25, -0.2) is 0 Å². The van der Waals surface area contributed by atoms with Gasteiger partial charge in [-0.1, -0.05) is 30.3 Å². The Balaban J connectivity index is 1.89. The Labute approximate surface area is 95.0 Å². The number of piperidine rings is 1. The lowest BCUT2D eigenvalue weighted by atomic mass is 10.0. The maximum Gasteiger partial charge on any atom is 0.225 e. The third-order valence-corrected chi connectivity index (χ3v) is 3.41. The summed E-state index contributed by atoms with van der Waals surface area (Å²) in [5.41, 5.74) is 1.18. The molecule has 16 heavy (non-hydrogen) atoms.